The predicted octanol–water partition coefficient (Wildman–Crippen LogP) is 3.41. The minimum Gasteiger partial charge on any atom is -0.491 e. The van der Waals surface area contributed by atoms with Gasteiger partial charge in [-0.2, -0.15) is 0 Å². The summed E-state index contributed by atoms with van der Waals surface area (Å²) >= 11 is 0. The molecule has 0 aliphatic heterocycles. The fraction of sp³-hybridized carbons (Fsp3) is 0.333. The Kier molecular flexibility index (Phi) is 5.64. The van der Waals surface area contributed by atoms with E-state index in [1.165, 1.54) is 5.56 Å². The van der Waals surface area contributed by atoms with Gasteiger partial charge in [0.25, 0.3) is 0 Å². The zero-order valence-electron chi connectivity index (χ0n) is 12.7. The van der Waals surface area contributed by atoms with Gasteiger partial charge in [-0.25, -0.2) is 0 Å². The quantitative estimate of drug-likeness (QED) is 0.819. The molecule has 1 atom stereocenters. The molecule has 0 bridgehead atoms. The molecular formula is C18H23NO2. The molecular weight excluding hydrogens is 262 g/mol. The Hall–Kier alpha value is -2.00. The van der Waals surface area contributed by atoms with Gasteiger partial charge in [-0.3, -0.25) is 0 Å². The van der Waals surface area contributed by atoms with Gasteiger partial charge in [0.15, 0.2) is 0 Å². The molecule has 0 saturated heterocycles. The smallest absolute Gasteiger partial charge is 0.122 e. The standard InChI is InChI=1S/C18H23NO2/c1-3-15-8-10-16(11-9-15)19-12-17(20)13-21-18-7-5-4-6-14(18)2/h4-11,17,19-20H,3,12-13H2,1-2H3. The van der Waals surface area contributed by atoms with Crippen LogP contribution in [-0.2, 0) is 6.42 Å². The molecule has 0 radical (unpaired) electrons. The van der Waals surface area contributed by atoms with Crippen LogP contribution in [0.1, 0.15) is 18.1 Å². The molecule has 2 N–H and O–H groups in total. The SMILES string of the molecule is CCc1ccc(NCC(O)COc2ccccc2C)cc1. The molecule has 2 rings (SSSR count). The van der Waals surface area contributed by atoms with Gasteiger partial charge in [-0.1, -0.05) is 37.3 Å². The molecule has 112 valence electrons. The first-order valence-corrected chi connectivity index (χ1v) is 7.38. The van der Waals surface area contributed by atoms with Crippen LogP contribution in [0, 0.1) is 6.92 Å². The molecule has 21 heavy (non-hydrogen) atoms. The van der Waals surface area contributed by atoms with E-state index in [0.29, 0.717) is 6.54 Å². The van der Waals surface area contributed by atoms with E-state index in [-0.39, 0.29) is 6.61 Å². The Bertz CT molecular complexity index is 551. The second kappa shape index (κ2) is 7.70. The van der Waals surface area contributed by atoms with Gasteiger partial charge in [0.05, 0.1) is 0 Å². The van der Waals surface area contributed by atoms with Crippen LogP contribution in [0.25, 0.3) is 0 Å². The number of hydrogen-bond acceptors (Lipinski definition) is 3. The maximum Gasteiger partial charge on any atom is 0.122 e. The van der Waals surface area contributed by atoms with Crippen LogP contribution in [0.3, 0.4) is 0 Å². The summed E-state index contributed by atoms with van der Waals surface area (Å²) in [6.07, 6.45) is 0.489. The van der Waals surface area contributed by atoms with Gasteiger partial charge < -0.3 is 15.2 Å². The molecule has 2 aromatic rings. The van der Waals surface area contributed by atoms with Crippen LogP contribution in [0.2, 0.25) is 0 Å². The summed E-state index contributed by atoms with van der Waals surface area (Å²) in [5.74, 6) is 0.823. The lowest BCUT2D eigenvalue weighted by molar-refractivity contribution is 0.117. The van der Waals surface area contributed by atoms with Crippen molar-refractivity contribution in [3.8, 4) is 5.75 Å². The van der Waals surface area contributed by atoms with Crippen molar-refractivity contribution in [1.29, 1.82) is 0 Å². The van der Waals surface area contributed by atoms with Gasteiger partial charge in [-0.15, -0.1) is 0 Å². The van der Waals surface area contributed by atoms with Crippen LogP contribution in [0.4, 0.5) is 5.69 Å². The summed E-state index contributed by atoms with van der Waals surface area (Å²) in [6.45, 7) is 4.88. The summed E-state index contributed by atoms with van der Waals surface area (Å²) < 4.78 is 5.63. The van der Waals surface area contributed by atoms with E-state index in [2.05, 4.69) is 24.4 Å². The molecule has 0 spiro atoms. The van der Waals surface area contributed by atoms with Crippen LogP contribution in [0.5, 0.6) is 5.75 Å². The topological polar surface area (TPSA) is 41.5 Å². The first-order chi connectivity index (χ1) is 10.2. The highest BCUT2D eigenvalue weighted by atomic mass is 16.5. The Labute approximate surface area is 126 Å². The number of aryl methyl sites for hydroxylation is 2. The summed E-state index contributed by atoms with van der Waals surface area (Å²) in [5, 5.41) is 13.2. The number of hydrogen-bond donors (Lipinski definition) is 2. The molecule has 0 fully saturated rings. The minimum atomic E-state index is -0.546. The predicted molar refractivity (Wildman–Crippen MR) is 87.0 cm³/mol. The van der Waals surface area contributed by atoms with Crippen molar-refractivity contribution in [3.05, 3.63) is 59.7 Å². The third-order valence-corrected chi connectivity index (χ3v) is 3.43. The largest absolute Gasteiger partial charge is 0.491 e. The Morgan fingerprint density at radius 1 is 1.10 bits per heavy atom. The Morgan fingerprint density at radius 3 is 2.48 bits per heavy atom. The van der Waals surface area contributed by atoms with Crippen LogP contribution >= 0.6 is 0 Å². The fourth-order valence-electron chi connectivity index (χ4n) is 2.06. The number of ether oxygens (including phenoxy) is 1. The van der Waals surface area contributed by atoms with Crippen molar-refractivity contribution < 1.29 is 9.84 Å². The average molecular weight is 285 g/mol. The van der Waals surface area contributed by atoms with E-state index in [0.717, 1.165) is 23.4 Å². The van der Waals surface area contributed by atoms with Gasteiger partial charge in [0.2, 0.25) is 0 Å². The summed E-state index contributed by atoms with van der Waals surface area (Å²) in [4.78, 5) is 0. The van der Waals surface area contributed by atoms with Crippen molar-refractivity contribution in [1.82, 2.24) is 0 Å². The second-order valence-corrected chi connectivity index (χ2v) is 5.16. The van der Waals surface area contributed by atoms with E-state index >= 15 is 0 Å². The molecule has 0 aromatic heterocycles. The van der Waals surface area contributed by atoms with E-state index in [1.807, 2.05) is 43.3 Å². The van der Waals surface area contributed by atoms with E-state index in [1.54, 1.807) is 0 Å². The van der Waals surface area contributed by atoms with E-state index < -0.39 is 6.10 Å². The zero-order valence-corrected chi connectivity index (χ0v) is 12.7. The van der Waals surface area contributed by atoms with E-state index in [9.17, 15) is 5.11 Å². The lowest BCUT2D eigenvalue weighted by atomic mass is 10.1. The first-order valence-electron chi connectivity index (χ1n) is 7.38. The molecule has 0 aliphatic carbocycles. The lowest BCUT2D eigenvalue weighted by Gasteiger charge is -2.15. The number of anilines is 1. The highest BCUT2D eigenvalue weighted by Crippen LogP contribution is 2.16. The highest BCUT2D eigenvalue weighted by molar-refractivity contribution is 5.44. The monoisotopic (exact) mass is 285 g/mol. The third kappa shape index (κ3) is 4.80. The number of rotatable bonds is 7. The number of aliphatic hydroxyl groups is 1. The maximum atomic E-state index is 9.98. The van der Waals surface area contributed by atoms with Crippen molar-refractivity contribution in [2.75, 3.05) is 18.5 Å². The lowest BCUT2D eigenvalue weighted by Crippen LogP contribution is -2.26. The summed E-state index contributed by atoms with van der Waals surface area (Å²) in [7, 11) is 0. The van der Waals surface area contributed by atoms with E-state index in [4.69, 9.17) is 4.74 Å². The summed E-state index contributed by atoms with van der Waals surface area (Å²) in [6, 6.07) is 16.1. The van der Waals surface area contributed by atoms with Gasteiger partial charge in [0, 0.05) is 12.2 Å². The molecule has 1 unspecified atom stereocenters. The van der Waals surface area contributed by atoms with Crippen LogP contribution in [-0.4, -0.2) is 24.4 Å². The number of nitrogens with one attached hydrogen (secondary N) is 1. The van der Waals surface area contributed by atoms with Crippen molar-refractivity contribution in [3.63, 3.8) is 0 Å². The van der Waals surface area contributed by atoms with Crippen molar-refractivity contribution >= 4 is 5.69 Å². The first kappa shape index (κ1) is 15.4. The normalized spacial score (nSPS) is 12.0. The van der Waals surface area contributed by atoms with Crippen LogP contribution in [0.15, 0.2) is 48.5 Å². The number of aliphatic hydroxyl groups excluding tert-OH is 1. The maximum absolute atomic E-state index is 9.98. The van der Waals surface area contributed by atoms with Crippen molar-refractivity contribution in [2.24, 2.45) is 0 Å². The second-order valence-electron chi connectivity index (χ2n) is 5.16. The highest BCUT2D eigenvalue weighted by Gasteiger charge is 2.06. The van der Waals surface area contributed by atoms with Crippen molar-refractivity contribution in [2.45, 2.75) is 26.4 Å². The molecule has 0 saturated carbocycles. The third-order valence-electron chi connectivity index (χ3n) is 3.43. The van der Waals surface area contributed by atoms with Gasteiger partial charge >= 0.3 is 0 Å². The Morgan fingerprint density at radius 2 is 1.81 bits per heavy atom. The number of para-hydroxylation sites is 1. The van der Waals surface area contributed by atoms with Gasteiger partial charge in [0.1, 0.15) is 18.5 Å². The number of benzene rings is 2. The molecule has 0 amide bonds. The average Bonchev–Trinajstić information content (AvgIpc) is 2.52. The molecule has 2 aromatic carbocycles. The van der Waals surface area contributed by atoms with Crippen LogP contribution < -0.4 is 10.1 Å². The molecule has 3 heteroatoms. The summed E-state index contributed by atoms with van der Waals surface area (Å²) in [5.41, 5.74) is 3.40. The zero-order chi connectivity index (χ0) is 15.1. The Balaban J connectivity index is 1.76. The van der Waals surface area contributed by atoms with Gasteiger partial charge in [-0.05, 0) is 42.7 Å². The molecule has 0 aliphatic rings. The fourth-order valence-corrected chi connectivity index (χ4v) is 2.06. The molecule has 3 nitrogen and oxygen atoms in total. The minimum absolute atomic E-state index is 0.283. The molecule has 0 heterocycles.